The number of ether oxygens (including phenoxy) is 2. The molecule has 1 heterocycles. The number of halogens is 1. The number of fused-ring (bicyclic) bond motifs is 1. The highest BCUT2D eigenvalue weighted by molar-refractivity contribution is 6.02. The fourth-order valence-electron chi connectivity index (χ4n) is 7.12. The predicted molar refractivity (Wildman–Crippen MR) is 190 cm³/mol. The van der Waals surface area contributed by atoms with Crippen LogP contribution in [0.1, 0.15) is 51.4 Å². The summed E-state index contributed by atoms with van der Waals surface area (Å²) in [7, 11) is 3.32. The van der Waals surface area contributed by atoms with E-state index in [1.807, 2.05) is 42.5 Å². The van der Waals surface area contributed by atoms with Crippen LogP contribution in [-0.2, 0) is 17.8 Å². The van der Waals surface area contributed by atoms with Gasteiger partial charge in [0.15, 0.2) is 0 Å². The Kier molecular flexibility index (Phi) is 10.3. The minimum absolute atomic E-state index is 0.00259. The summed E-state index contributed by atoms with van der Waals surface area (Å²) in [5.74, 6) is -0.707. The van der Waals surface area contributed by atoms with Gasteiger partial charge in [-0.1, -0.05) is 84.9 Å². The van der Waals surface area contributed by atoms with E-state index in [0.29, 0.717) is 17.2 Å². The van der Waals surface area contributed by atoms with Crippen LogP contribution in [0.5, 0.6) is 11.5 Å². The molecule has 2 N–H and O–H groups in total. The number of likely N-dealkylation sites (tertiary alicyclic amines) is 1. The first-order valence-electron chi connectivity index (χ1n) is 16.6. The molecule has 0 radical (unpaired) electrons. The van der Waals surface area contributed by atoms with Gasteiger partial charge in [-0.25, -0.2) is 9.18 Å². The molecule has 8 heteroatoms. The van der Waals surface area contributed by atoms with Crippen LogP contribution in [-0.4, -0.2) is 55.2 Å². The largest absolute Gasteiger partial charge is 0.496 e. The Labute approximate surface area is 286 Å². The SMILES string of the molecule is COc1ccc(CN2CCC(c3ccccc3)CC2)c(OC)c1-c1cccc2c(C[C@H](NC(=O)c3c(C)cccc3F)C(=O)O)cccc12. The zero-order valence-corrected chi connectivity index (χ0v) is 28.0. The number of rotatable bonds is 11. The van der Waals surface area contributed by atoms with Gasteiger partial charge < -0.3 is 19.9 Å². The van der Waals surface area contributed by atoms with Crippen molar-refractivity contribution in [3.05, 3.63) is 131 Å². The number of nitrogens with zero attached hydrogens (tertiary/aromatic N) is 1. The van der Waals surface area contributed by atoms with Crippen LogP contribution in [0.2, 0.25) is 0 Å². The molecule has 0 saturated carbocycles. The number of hydrogen-bond acceptors (Lipinski definition) is 5. The minimum Gasteiger partial charge on any atom is -0.496 e. The molecule has 0 bridgehead atoms. The van der Waals surface area contributed by atoms with E-state index in [1.54, 1.807) is 27.2 Å². The van der Waals surface area contributed by atoms with Gasteiger partial charge in [-0.15, -0.1) is 0 Å². The van der Waals surface area contributed by atoms with Crippen molar-refractivity contribution in [3.63, 3.8) is 0 Å². The number of nitrogens with one attached hydrogen (secondary N) is 1. The second kappa shape index (κ2) is 14.9. The standard InChI is InChI=1S/C41H41FN2O5/c1-26-10-7-17-34(42)37(26)40(45)43-35(41(46)47)24-29-13-8-15-32-31(29)14-9-16-33(32)38-36(48-2)19-18-30(39(38)49-3)25-44-22-20-28(21-23-44)27-11-5-4-6-12-27/h4-19,28,35H,20-25H2,1-3H3,(H,43,45)(H,46,47)/t35-/m0/s1. The van der Waals surface area contributed by atoms with Crippen molar-refractivity contribution in [2.24, 2.45) is 0 Å². The van der Waals surface area contributed by atoms with Gasteiger partial charge in [-0.2, -0.15) is 0 Å². The molecule has 6 rings (SSSR count). The van der Waals surface area contributed by atoms with E-state index in [4.69, 9.17) is 9.47 Å². The summed E-state index contributed by atoms with van der Waals surface area (Å²) in [5, 5.41) is 14.4. The molecule has 49 heavy (non-hydrogen) atoms. The van der Waals surface area contributed by atoms with Crippen molar-refractivity contribution in [2.45, 2.75) is 44.7 Å². The molecule has 0 aliphatic carbocycles. The number of carboxylic acid groups (broad SMARTS) is 1. The highest BCUT2D eigenvalue weighted by atomic mass is 19.1. The average Bonchev–Trinajstić information content (AvgIpc) is 3.11. The van der Waals surface area contributed by atoms with Crippen LogP contribution in [0.3, 0.4) is 0 Å². The lowest BCUT2D eigenvalue weighted by Crippen LogP contribution is -2.42. The monoisotopic (exact) mass is 660 g/mol. The summed E-state index contributed by atoms with van der Waals surface area (Å²) in [6.07, 6.45) is 2.20. The van der Waals surface area contributed by atoms with Crippen molar-refractivity contribution >= 4 is 22.6 Å². The Balaban J connectivity index is 1.30. The minimum atomic E-state index is -1.28. The Hall–Kier alpha value is -5.21. The van der Waals surface area contributed by atoms with Gasteiger partial charge in [0.25, 0.3) is 5.91 Å². The van der Waals surface area contributed by atoms with E-state index in [0.717, 1.165) is 71.3 Å². The van der Waals surface area contributed by atoms with Crippen molar-refractivity contribution in [2.75, 3.05) is 27.3 Å². The number of carboxylic acids is 1. The fourth-order valence-corrected chi connectivity index (χ4v) is 7.12. The summed E-state index contributed by atoms with van der Waals surface area (Å²) in [5.41, 5.74) is 5.17. The lowest BCUT2D eigenvalue weighted by atomic mass is 9.89. The molecular formula is C41H41FN2O5. The lowest BCUT2D eigenvalue weighted by Gasteiger charge is -2.32. The van der Waals surface area contributed by atoms with Gasteiger partial charge >= 0.3 is 5.97 Å². The maximum Gasteiger partial charge on any atom is 0.326 e. The number of carbonyl (C=O) groups is 2. The van der Waals surface area contributed by atoms with E-state index < -0.39 is 23.7 Å². The Morgan fingerprint density at radius 2 is 1.57 bits per heavy atom. The molecule has 1 aliphatic rings. The van der Waals surface area contributed by atoms with Crippen molar-refractivity contribution < 1.29 is 28.6 Å². The maximum absolute atomic E-state index is 14.5. The first-order chi connectivity index (χ1) is 23.8. The van der Waals surface area contributed by atoms with Gasteiger partial charge in [-0.05, 0) is 83.9 Å². The molecule has 1 fully saturated rings. The molecule has 252 valence electrons. The molecule has 1 aliphatic heterocycles. The maximum atomic E-state index is 14.5. The molecule has 5 aromatic rings. The number of amides is 1. The summed E-state index contributed by atoms with van der Waals surface area (Å²) < 4.78 is 26.5. The van der Waals surface area contributed by atoms with Crippen LogP contribution in [0, 0.1) is 12.7 Å². The summed E-state index contributed by atoms with van der Waals surface area (Å²) in [4.78, 5) is 27.9. The molecule has 1 atom stereocenters. The highest BCUT2D eigenvalue weighted by Gasteiger charge is 2.27. The number of aryl methyl sites for hydroxylation is 1. The molecule has 0 aromatic heterocycles. The summed E-state index contributed by atoms with van der Waals surface area (Å²) >= 11 is 0. The highest BCUT2D eigenvalue weighted by Crippen LogP contribution is 2.44. The van der Waals surface area contributed by atoms with Gasteiger partial charge in [0, 0.05) is 18.5 Å². The fraction of sp³-hybridized carbons (Fsp3) is 0.268. The first kappa shape index (κ1) is 33.7. The number of benzene rings is 5. The molecule has 0 unspecified atom stereocenters. The summed E-state index contributed by atoms with van der Waals surface area (Å²) in [6.45, 7) is 4.32. The molecule has 5 aromatic carbocycles. The molecule has 1 saturated heterocycles. The second-order valence-electron chi connectivity index (χ2n) is 12.6. The number of hydrogen-bond donors (Lipinski definition) is 2. The van der Waals surface area contributed by atoms with Crippen LogP contribution in [0.25, 0.3) is 21.9 Å². The number of methoxy groups -OCH3 is 2. The quantitative estimate of drug-likeness (QED) is 0.151. The van der Waals surface area contributed by atoms with Crippen LogP contribution < -0.4 is 14.8 Å². The van der Waals surface area contributed by atoms with Crippen molar-refractivity contribution in [1.82, 2.24) is 10.2 Å². The third-order valence-corrected chi connectivity index (χ3v) is 9.64. The average molecular weight is 661 g/mol. The van der Waals surface area contributed by atoms with E-state index in [2.05, 4.69) is 46.6 Å². The first-order valence-corrected chi connectivity index (χ1v) is 16.6. The zero-order valence-electron chi connectivity index (χ0n) is 28.0. The van der Waals surface area contributed by atoms with Gasteiger partial charge in [-0.3, -0.25) is 9.69 Å². The number of aliphatic carboxylic acids is 1. The van der Waals surface area contributed by atoms with Gasteiger partial charge in [0.1, 0.15) is 23.4 Å². The van der Waals surface area contributed by atoms with E-state index in [-0.39, 0.29) is 12.0 Å². The second-order valence-corrected chi connectivity index (χ2v) is 12.6. The summed E-state index contributed by atoms with van der Waals surface area (Å²) in [6, 6.07) is 29.4. The Morgan fingerprint density at radius 1 is 0.857 bits per heavy atom. The van der Waals surface area contributed by atoms with Crippen LogP contribution >= 0.6 is 0 Å². The Bertz CT molecular complexity index is 1950. The van der Waals surface area contributed by atoms with E-state index in [1.165, 1.54) is 17.7 Å². The van der Waals surface area contributed by atoms with Crippen LogP contribution in [0.15, 0.2) is 97.1 Å². The van der Waals surface area contributed by atoms with Crippen molar-refractivity contribution in [1.29, 1.82) is 0 Å². The molecule has 7 nitrogen and oxygen atoms in total. The van der Waals surface area contributed by atoms with Crippen LogP contribution in [0.4, 0.5) is 4.39 Å². The third-order valence-electron chi connectivity index (χ3n) is 9.64. The van der Waals surface area contributed by atoms with E-state index >= 15 is 0 Å². The topological polar surface area (TPSA) is 88.1 Å². The number of carbonyl (C=O) groups excluding carboxylic acids is 1. The third kappa shape index (κ3) is 7.15. The van der Waals surface area contributed by atoms with Gasteiger partial charge in [0.05, 0.1) is 25.3 Å². The zero-order chi connectivity index (χ0) is 34.5. The molecular weight excluding hydrogens is 619 g/mol. The van der Waals surface area contributed by atoms with E-state index in [9.17, 15) is 19.1 Å². The molecule has 0 spiro atoms. The Morgan fingerprint density at radius 3 is 2.27 bits per heavy atom. The lowest BCUT2D eigenvalue weighted by molar-refractivity contribution is -0.139. The molecule has 1 amide bonds. The predicted octanol–water partition coefficient (Wildman–Crippen LogP) is 7.78. The smallest absolute Gasteiger partial charge is 0.326 e. The van der Waals surface area contributed by atoms with Crippen molar-refractivity contribution in [3.8, 4) is 22.6 Å². The normalized spacial score (nSPS) is 14.4. The number of piperidine rings is 1. The van der Waals surface area contributed by atoms with Gasteiger partial charge in [0.2, 0.25) is 0 Å².